The van der Waals surface area contributed by atoms with Crippen molar-refractivity contribution < 1.29 is 27.3 Å². The van der Waals surface area contributed by atoms with Gasteiger partial charge in [0.05, 0.1) is 16.2 Å². The molecule has 1 amide bonds. The van der Waals surface area contributed by atoms with Gasteiger partial charge in [0, 0.05) is 19.2 Å². The third-order valence-electron chi connectivity index (χ3n) is 5.33. The Hall–Kier alpha value is -3.50. The van der Waals surface area contributed by atoms with E-state index in [0.29, 0.717) is 18.7 Å². The molecule has 1 aromatic heterocycles. The maximum atomic E-state index is 13.2. The summed E-state index contributed by atoms with van der Waals surface area (Å²) in [6, 6.07) is 14.9. The number of hydrogen-bond donors (Lipinski definition) is 1. The topological polar surface area (TPSA) is 119 Å². The molecule has 1 aliphatic heterocycles. The summed E-state index contributed by atoms with van der Waals surface area (Å²) in [5.41, 5.74) is 2.72. The van der Waals surface area contributed by atoms with E-state index in [0.717, 1.165) is 11.1 Å². The second-order valence-corrected chi connectivity index (χ2v) is 9.69. The lowest BCUT2D eigenvalue weighted by Gasteiger charge is -2.28. The summed E-state index contributed by atoms with van der Waals surface area (Å²) in [7, 11) is -3.82. The van der Waals surface area contributed by atoms with Gasteiger partial charge in [-0.25, -0.2) is 13.2 Å². The van der Waals surface area contributed by atoms with Gasteiger partial charge in [-0.15, -0.1) is 0 Å². The van der Waals surface area contributed by atoms with Gasteiger partial charge in [-0.2, -0.15) is 4.31 Å². The molecule has 2 aromatic carbocycles. The van der Waals surface area contributed by atoms with Gasteiger partial charge < -0.3 is 9.26 Å². The largest absolute Gasteiger partial charge is 0.449 e. The van der Waals surface area contributed by atoms with E-state index in [1.165, 1.54) is 41.6 Å². The van der Waals surface area contributed by atoms with Crippen LogP contribution in [-0.2, 0) is 32.5 Å². The van der Waals surface area contributed by atoms with Gasteiger partial charge in [0.2, 0.25) is 15.9 Å². The van der Waals surface area contributed by atoms with E-state index in [9.17, 15) is 18.0 Å². The number of aromatic nitrogens is 1. The van der Waals surface area contributed by atoms with Crippen LogP contribution in [0.25, 0.3) is 0 Å². The van der Waals surface area contributed by atoms with Crippen molar-refractivity contribution in [1.29, 1.82) is 0 Å². The number of sulfonamides is 1. The van der Waals surface area contributed by atoms with Crippen molar-refractivity contribution >= 4 is 27.8 Å². The predicted octanol–water partition coefficient (Wildman–Crippen LogP) is 2.91. The molecule has 1 aliphatic rings. The first-order valence-corrected chi connectivity index (χ1v) is 11.8. The maximum absolute atomic E-state index is 13.2. The Morgan fingerprint density at radius 2 is 1.88 bits per heavy atom. The number of benzene rings is 2. The molecule has 0 unspecified atom stereocenters. The number of esters is 1. The highest BCUT2D eigenvalue weighted by molar-refractivity contribution is 7.89. The van der Waals surface area contributed by atoms with E-state index >= 15 is 0 Å². The molecule has 4 rings (SSSR count). The summed E-state index contributed by atoms with van der Waals surface area (Å²) in [6.07, 6.45) is -0.518. The number of anilines is 1. The Morgan fingerprint density at radius 1 is 1.12 bits per heavy atom. The van der Waals surface area contributed by atoms with Gasteiger partial charge in [-0.05, 0) is 49.6 Å². The number of fused-ring (bicyclic) bond motifs is 1. The smallest absolute Gasteiger partial charge is 0.338 e. The minimum atomic E-state index is -3.82. The quantitative estimate of drug-likeness (QED) is 0.551. The third kappa shape index (κ3) is 4.96. The third-order valence-corrected chi connectivity index (χ3v) is 7.17. The molecule has 33 heavy (non-hydrogen) atoms. The SMILES string of the molecule is Cc1cc(NC(=O)[C@@H](C)OC(=O)c2cccc(S(=O)(=O)N3CCc4ccccc4C3)c2)on1. The van der Waals surface area contributed by atoms with Gasteiger partial charge in [-0.1, -0.05) is 35.5 Å². The molecule has 0 aliphatic carbocycles. The van der Waals surface area contributed by atoms with E-state index in [4.69, 9.17) is 9.26 Å². The van der Waals surface area contributed by atoms with Gasteiger partial charge in [0.15, 0.2) is 6.10 Å². The number of ether oxygens (including phenoxy) is 1. The van der Waals surface area contributed by atoms with Crippen LogP contribution in [-0.4, -0.2) is 42.4 Å². The van der Waals surface area contributed by atoms with Crippen LogP contribution < -0.4 is 5.32 Å². The van der Waals surface area contributed by atoms with Crippen molar-refractivity contribution in [1.82, 2.24) is 9.46 Å². The Labute approximate surface area is 191 Å². The average molecular weight is 470 g/mol. The summed E-state index contributed by atoms with van der Waals surface area (Å²) in [5.74, 6) is -1.28. The Morgan fingerprint density at radius 3 is 2.61 bits per heavy atom. The van der Waals surface area contributed by atoms with E-state index < -0.39 is 28.0 Å². The molecule has 1 atom stereocenters. The Balaban J connectivity index is 1.45. The summed E-state index contributed by atoms with van der Waals surface area (Å²) < 4.78 is 37.9. The molecule has 0 fully saturated rings. The average Bonchev–Trinajstić information content (AvgIpc) is 3.23. The molecule has 172 valence electrons. The molecule has 0 radical (unpaired) electrons. The van der Waals surface area contributed by atoms with Gasteiger partial charge in [-0.3, -0.25) is 10.1 Å². The number of carbonyl (C=O) groups excluding carboxylic acids is 2. The highest BCUT2D eigenvalue weighted by Gasteiger charge is 2.29. The molecular formula is C23H23N3O6S. The lowest BCUT2D eigenvalue weighted by molar-refractivity contribution is -0.123. The van der Waals surface area contributed by atoms with Crippen molar-refractivity contribution in [2.24, 2.45) is 0 Å². The predicted molar refractivity (Wildman–Crippen MR) is 119 cm³/mol. The fourth-order valence-corrected chi connectivity index (χ4v) is 5.00. The first-order chi connectivity index (χ1) is 15.7. The number of amides is 1. The second-order valence-electron chi connectivity index (χ2n) is 7.75. The first-order valence-electron chi connectivity index (χ1n) is 10.4. The molecule has 0 saturated carbocycles. The Bertz CT molecular complexity index is 1300. The number of carbonyl (C=O) groups is 2. The van der Waals surface area contributed by atoms with Crippen LogP contribution in [0.5, 0.6) is 0 Å². The lowest BCUT2D eigenvalue weighted by Crippen LogP contribution is -2.36. The zero-order valence-corrected chi connectivity index (χ0v) is 19.0. The van der Waals surface area contributed by atoms with Crippen molar-refractivity contribution in [3.63, 3.8) is 0 Å². The summed E-state index contributed by atoms with van der Waals surface area (Å²) in [6.45, 7) is 3.73. The van der Waals surface area contributed by atoms with Gasteiger partial charge in [0.25, 0.3) is 5.91 Å². The van der Waals surface area contributed by atoms with E-state index in [1.54, 1.807) is 6.92 Å². The highest BCUT2D eigenvalue weighted by atomic mass is 32.2. The number of rotatable bonds is 6. The Kier molecular flexibility index (Phi) is 6.30. The fourth-order valence-electron chi connectivity index (χ4n) is 3.54. The van der Waals surface area contributed by atoms with Crippen LogP contribution >= 0.6 is 0 Å². The van der Waals surface area contributed by atoms with Crippen molar-refractivity contribution in [3.05, 3.63) is 77.0 Å². The molecule has 2 heterocycles. The number of nitrogens with zero attached hydrogens (tertiary/aromatic N) is 2. The zero-order chi connectivity index (χ0) is 23.6. The van der Waals surface area contributed by atoms with Crippen LogP contribution in [0.4, 0.5) is 5.88 Å². The van der Waals surface area contributed by atoms with Crippen molar-refractivity contribution in [3.8, 4) is 0 Å². The molecule has 10 heteroatoms. The van der Waals surface area contributed by atoms with E-state index in [1.807, 2.05) is 24.3 Å². The summed E-state index contributed by atoms with van der Waals surface area (Å²) >= 11 is 0. The zero-order valence-electron chi connectivity index (χ0n) is 18.1. The van der Waals surface area contributed by atoms with Crippen molar-refractivity contribution in [2.45, 2.75) is 37.8 Å². The number of nitrogens with one attached hydrogen (secondary N) is 1. The lowest BCUT2D eigenvalue weighted by atomic mass is 10.0. The van der Waals surface area contributed by atoms with Gasteiger partial charge >= 0.3 is 5.97 Å². The molecular weight excluding hydrogens is 446 g/mol. The minimum Gasteiger partial charge on any atom is -0.449 e. The molecule has 0 spiro atoms. The molecule has 0 bridgehead atoms. The van der Waals surface area contributed by atoms with Crippen LogP contribution in [0.1, 0.15) is 34.1 Å². The fraction of sp³-hybridized carbons (Fsp3) is 0.261. The summed E-state index contributed by atoms with van der Waals surface area (Å²) in [5, 5.41) is 6.12. The standard InChI is InChI=1S/C23H23N3O6S/c1-15-12-21(32-25-15)24-22(27)16(2)31-23(28)18-8-5-9-20(13-18)33(29,30)26-11-10-17-6-3-4-7-19(17)14-26/h3-9,12-13,16H,10-11,14H2,1-2H3,(H,24,27)/t16-/m1/s1. The highest BCUT2D eigenvalue weighted by Crippen LogP contribution is 2.25. The molecule has 9 nitrogen and oxygen atoms in total. The minimum absolute atomic E-state index is 0.00873. The van der Waals surface area contributed by atoms with E-state index in [-0.39, 0.29) is 22.9 Å². The first kappa shape index (κ1) is 22.7. The number of aryl methyl sites for hydroxylation is 1. The van der Waals surface area contributed by atoms with Crippen molar-refractivity contribution in [2.75, 3.05) is 11.9 Å². The number of hydrogen-bond acceptors (Lipinski definition) is 7. The van der Waals surface area contributed by atoms with Crippen LogP contribution in [0.15, 0.2) is 64.0 Å². The normalized spacial score (nSPS) is 14.8. The monoisotopic (exact) mass is 469 g/mol. The van der Waals surface area contributed by atoms with Crippen LogP contribution in [0.2, 0.25) is 0 Å². The van der Waals surface area contributed by atoms with E-state index in [2.05, 4.69) is 10.5 Å². The molecule has 3 aromatic rings. The van der Waals surface area contributed by atoms with Crippen LogP contribution in [0, 0.1) is 6.92 Å². The second kappa shape index (κ2) is 9.16. The molecule has 1 N–H and O–H groups in total. The molecule has 0 saturated heterocycles. The van der Waals surface area contributed by atoms with Gasteiger partial charge in [0.1, 0.15) is 0 Å². The maximum Gasteiger partial charge on any atom is 0.338 e. The van der Waals surface area contributed by atoms with Crippen LogP contribution in [0.3, 0.4) is 0 Å². The summed E-state index contributed by atoms with van der Waals surface area (Å²) in [4.78, 5) is 24.8.